The third-order valence-electron chi connectivity index (χ3n) is 5.91. The molecule has 4 heterocycles. The largest absolute Gasteiger partial charge is 0.490 e. The number of rotatable bonds is 5. The van der Waals surface area contributed by atoms with Gasteiger partial charge in [-0.05, 0) is 55.6 Å². The van der Waals surface area contributed by atoms with Crippen LogP contribution in [-0.4, -0.2) is 56.8 Å². The number of aromatic nitrogens is 4. The Kier molecular flexibility index (Phi) is 5.75. The summed E-state index contributed by atoms with van der Waals surface area (Å²) < 4.78 is 7.86. The fourth-order valence-corrected chi connectivity index (χ4v) is 4.01. The number of ether oxygens (including phenoxy) is 1. The van der Waals surface area contributed by atoms with Gasteiger partial charge in [0.25, 0.3) is 5.91 Å². The summed E-state index contributed by atoms with van der Waals surface area (Å²) in [6, 6.07) is 11.1. The van der Waals surface area contributed by atoms with Crippen LogP contribution in [0.25, 0.3) is 22.0 Å². The van der Waals surface area contributed by atoms with Gasteiger partial charge in [-0.2, -0.15) is 5.10 Å². The van der Waals surface area contributed by atoms with Crippen LogP contribution in [0.15, 0.2) is 61.2 Å². The number of nitrogens with one attached hydrogen (secondary N) is 1. The molecule has 1 aliphatic rings. The van der Waals surface area contributed by atoms with Crippen molar-refractivity contribution in [3.63, 3.8) is 0 Å². The summed E-state index contributed by atoms with van der Waals surface area (Å²) in [4.78, 5) is 24.1. The molecule has 3 aromatic heterocycles. The molecular formula is C25H26N6O2. The van der Waals surface area contributed by atoms with E-state index in [1.54, 1.807) is 35.4 Å². The Bertz CT molecular complexity index is 1290. The van der Waals surface area contributed by atoms with Gasteiger partial charge < -0.3 is 15.0 Å². The van der Waals surface area contributed by atoms with Crippen molar-refractivity contribution >= 4 is 22.5 Å². The summed E-state index contributed by atoms with van der Waals surface area (Å²) in [6.45, 7) is 2.05. The summed E-state index contributed by atoms with van der Waals surface area (Å²) in [7, 11) is 3.99. The molecule has 1 aliphatic heterocycles. The van der Waals surface area contributed by atoms with Gasteiger partial charge in [-0.3, -0.25) is 14.5 Å². The first-order valence-electron chi connectivity index (χ1n) is 11.0. The van der Waals surface area contributed by atoms with Crippen molar-refractivity contribution < 1.29 is 9.53 Å². The van der Waals surface area contributed by atoms with Crippen molar-refractivity contribution in [3.05, 3.63) is 66.7 Å². The second-order valence-corrected chi connectivity index (χ2v) is 8.49. The van der Waals surface area contributed by atoms with Crippen LogP contribution in [-0.2, 0) is 7.05 Å². The van der Waals surface area contributed by atoms with Crippen LogP contribution in [0.2, 0.25) is 0 Å². The zero-order chi connectivity index (χ0) is 22.8. The molecule has 0 unspecified atom stereocenters. The Labute approximate surface area is 192 Å². The van der Waals surface area contributed by atoms with Crippen molar-refractivity contribution in [2.45, 2.75) is 18.9 Å². The lowest BCUT2D eigenvalue weighted by Gasteiger charge is -2.29. The van der Waals surface area contributed by atoms with Gasteiger partial charge >= 0.3 is 0 Å². The lowest BCUT2D eigenvalue weighted by atomic mass is 10.1. The smallest absolute Gasteiger partial charge is 0.256 e. The summed E-state index contributed by atoms with van der Waals surface area (Å²) in [5, 5.41) is 8.94. The lowest BCUT2D eigenvalue weighted by molar-refractivity contribution is 0.102. The lowest BCUT2D eigenvalue weighted by Crippen LogP contribution is -2.35. The topological polar surface area (TPSA) is 85.2 Å². The van der Waals surface area contributed by atoms with E-state index in [-0.39, 0.29) is 12.0 Å². The molecule has 8 nitrogen and oxygen atoms in total. The monoisotopic (exact) mass is 442 g/mol. The SMILES string of the molecule is CN1CCC(Oc2cccc(C(=O)Nc3cc4cc(-c5cnn(C)c5)ncc4cn3)c2)CC1. The van der Waals surface area contributed by atoms with Gasteiger partial charge in [-0.25, -0.2) is 4.98 Å². The van der Waals surface area contributed by atoms with Crippen LogP contribution >= 0.6 is 0 Å². The van der Waals surface area contributed by atoms with E-state index in [2.05, 4.69) is 32.3 Å². The van der Waals surface area contributed by atoms with Crippen LogP contribution in [0.4, 0.5) is 5.82 Å². The first kappa shape index (κ1) is 21.1. The van der Waals surface area contributed by atoms with Gasteiger partial charge in [0.2, 0.25) is 0 Å². The van der Waals surface area contributed by atoms with Crippen LogP contribution in [0.1, 0.15) is 23.2 Å². The predicted molar refractivity (Wildman–Crippen MR) is 127 cm³/mol. The average Bonchev–Trinajstić information content (AvgIpc) is 3.26. The minimum atomic E-state index is -0.225. The molecule has 0 aliphatic carbocycles. The first-order valence-corrected chi connectivity index (χ1v) is 11.0. The highest BCUT2D eigenvalue weighted by molar-refractivity contribution is 6.04. The zero-order valence-corrected chi connectivity index (χ0v) is 18.7. The minimum Gasteiger partial charge on any atom is -0.490 e. The van der Waals surface area contributed by atoms with Crippen LogP contribution < -0.4 is 10.1 Å². The third-order valence-corrected chi connectivity index (χ3v) is 5.91. The second kappa shape index (κ2) is 8.99. The molecule has 1 amide bonds. The molecule has 0 bridgehead atoms. The number of nitrogens with zero attached hydrogens (tertiary/aromatic N) is 5. The number of hydrogen-bond donors (Lipinski definition) is 1. The summed E-state index contributed by atoms with van der Waals surface area (Å²) >= 11 is 0. The van der Waals surface area contributed by atoms with Gasteiger partial charge in [-0.15, -0.1) is 0 Å². The van der Waals surface area contributed by atoms with Gasteiger partial charge in [0.1, 0.15) is 17.7 Å². The molecule has 1 aromatic carbocycles. The van der Waals surface area contributed by atoms with Crippen molar-refractivity contribution in [1.29, 1.82) is 0 Å². The van der Waals surface area contributed by atoms with Gasteiger partial charge in [-0.1, -0.05) is 6.07 Å². The highest BCUT2D eigenvalue weighted by Gasteiger charge is 2.18. The maximum absolute atomic E-state index is 12.9. The third kappa shape index (κ3) is 4.85. The summed E-state index contributed by atoms with van der Waals surface area (Å²) in [5.41, 5.74) is 2.29. The number of carbonyl (C=O) groups excluding carboxylic acids is 1. The summed E-state index contributed by atoms with van der Waals surface area (Å²) in [5.74, 6) is 0.977. The highest BCUT2D eigenvalue weighted by Crippen LogP contribution is 2.24. The fraction of sp³-hybridized carbons (Fsp3) is 0.280. The molecule has 1 saturated heterocycles. The molecule has 33 heavy (non-hydrogen) atoms. The minimum absolute atomic E-state index is 0.185. The number of piperidine rings is 1. The van der Waals surface area contributed by atoms with Crippen LogP contribution in [0.5, 0.6) is 5.75 Å². The highest BCUT2D eigenvalue weighted by atomic mass is 16.5. The number of hydrogen-bond acceptors (Lipinski definition) is 6. The number of fused-ring (bicyclic) bond motifs is 1. The number of pyridine rings is 2. The molecule has 5 rings (SSSR count). The van der Waals surface area contributed by atoms with E-state index < -0.39 is 0 Å². The number of likely N-dealkylation sites (tertiary alicyclic amines) is 1. The van der Waals surface area contributed by atoms with Crippen LogP contribution in [0.3, 0.4) is 0 Å². The zero-order valence-electron chi connectivity index (χ0n) is 18.7. The molecule has 0 saturated carbocycles. The Morgan fingerprint density at radius 1 is 1.03 bits per heavy atom. The van der Waals surface area contributed by atoms with Gasteiger partial charge in [0.05, 0.1) is 11.9 Å². The van der Waals surface area contributed by atoms with E-state index in [1.807, 2.05) is 37.5 Å². The number of aryl methyl sites for hydroxylation is 1. The molecule has 0 spiro atoms. The predicted octanol–water partition coefficient (Wildman–Crippen LogP) is 3.76. The Morgan fingerprint density at radius 3 is 2.64 bits per heavy atom. The molecule has 168 valence electrons. The maximum atomic E-state index is 12.9. The molecule has 0 radical (unpaired) electrons. The maximum Gasteiger partial charge on any atom is 0.256 e. The standard InChI is InChI=1S/C25H26N6O2/c1-30-8-6-21(7-9-30)33-22-5-3-4-17(10-22)25(32)29-24-12-18-11-23(20-15-28-31(2)16-20)26-13-19(18)14-27-24/h3-5,10-16,21H,6-9H2,1-2H3,(H,27,29,32). The van der Waals surface area contributed by atoms with E-state index in [0.29, 0.717) is 11.4 Å². The van der Waals surface area contributed by atoms with E-state index >= 15 is 0 Å². The summed E-state index contributed by atoms with van der Waals surface area (Å²) in [6.07, 6.45) is 9.35. The fourth-order valence-electron chi connectivity index (χ4n) is 4.01. The normalized spacial score (nSPS) is 15.0. The Morgan fingerprint density at radius 2 is 1.85 bits per heavy atom. The first-order chi connectivity index (χ1) is 16.0. The number of carbonyl (C=O) groups is 1. The van der Waals surface area contributed by atoms with E-state index in [0.717, 1.165) is 53.7 Å². The van der Waals surface area contributed by atoms with Gasteiger partial charge in [0, 0.05) is 55.2 Å². The van der Waals surface area contributed by atoms with Crippen molar-refractivity contribution in [1.82, 2.24) is 24.6 Å². The van der Waals surface area contributed by atoms with Gasteiger partial charge in [0.15, 0.2) is 0 Å². The Balaban J connectivity index is 1.31. The molecule has 1 N–H and O–H groups in total. The molecule has 8 heteroatoms. The quantitative estimate of drug-likeness (QED) is 0.507. The second-order valence-electron chi connectivity index (χ2n) is 8.49. The molecular weight excluding hydrogens is 416 g/mol. The van der Waals surface area contributed by atoms with Crippen molar-refractivity contribution in [3.8, 4) is 17.0 Å². The van der Waals surface area contributed by atoms with E-state index in [9.17, 15) is 4.79 Å². The Hall–Kier alpha value is -3.78. The number of benzene rings is 1. The van der Waals surface area contributed by atoms with Crippen molar-refractivity contribution in [2.75, 3.05) is 25.5 Å². The van der Waals surface area contributed by atoms with Crippen molar-refractivity contribution in [2.24, 2.45) is 7.05 Å². The number of anilines is 1. The van der Waals surface area contributed by atoms with Crippen LogP contribution in [0, 0.1) is 0 Å². The molecule has 0 atom stereocenters. The molecule has 4 aromatic rings. The molecule has 1 fully saturated rings. The van der Waals surface area contributed by atoms with E-state index in [1.165, 1.54) is 0 Å². The average molecular weight is 443 g/mol. The number of amides is 1. The van der Waals surface area contributed by atoms with E-state index in [4.69, 9.17) is 4.74 Å².